The summed E-state index contributed by atoms with van der Waals surface area (Å²) in [7, 11) is 1.57. The number of nitrogens with one attached hydrogen (secondary N) is 1. The highest BCUT2D eigenvalue weighted by Gasteiger charge is 2.14. The summed E-state index contributed by atoms with van der Waals surface area (Å²) in [5.74, 6) is 1.13. The second kappa shape index (κ2) is 11.3. The van der Waals surface area contributed by atoms with Gasteiger partial charge in [0.05, 0.1) is 24.3 Å². The number of ether oxygens (including phenoxy) is 1. The topological polar surface area (TPSA) is 84.4 Å². The van der Waals surface area contributed by atoms with E-state index in [-0.39, 0.29) is 17.6 Å². The van der Waals surface area contributed by atoms with Gasteiger partial charge in [-0.1, -0.05) is 40.9 Å². The lowest BCUT2D eigenvalue weighted by Gasteiger charge is -2.17. The van der Waals surface area contributed by atoms with E-state index in [4.69, 9.17) is 4.74 Å². The van der Waals surface area contributed by atoms with Crippen LogP contribution in [-0.4, -0.2) is 58.6 Å². The van der Waals surface area contributed by atoms with Crippen molar-refractivity contribution in [3.05, 3.63) is 23.8 Å². The summed E-state index contributed by atoms with van der Waals surface area (Å²) in [4.78, 5) is 26.1. The van der Waals surface area contributed by atoms with Gasteiger partial charge in [-0.25, -0.2) is 0 Å². The van der Waals surface area contributed by atoms with Crippen LogP contribution in [0, 0.1) is 6.92 Å². The van der Waals surface area contributed by atoms with Gasteiger partial charge in [0, 0.05) is 13.1 Å². The molecular formula is C18H24N4O3S3. The van der Waals surface area contributed by atoms with Crippen molar-refractivity contribution < 1.29 is 14.3 Å². The van der Waals surface area contributed by atoms with E-state index in [1.807, 2.05) is 39.0 Å². The number of rotatable bonds is 10. The number of carbonyl (C=O) groups excluding carboxylic acids is 2. The maximum absolute atomic E-state index is 12.2. The van der Waals surface area contributed by atoms with Gasteiger partial charge in [0.15, 0.2) is 8.68 Å². The first-order chi connectivity index (χ1) is 13.5. The van der Waals surface area contributed by atoms with Gasteiger partial charge in [0.2, 0.25) is 11.8 Å². The summed E-state index contributed by atoms with van der Waals surface area (Å²) >= 11 is 4.08. The Kier molecular flexibility index (Phi) is 9.07. The zero-order valence-electron chi connectivity index (χ0n) is 16.4. The van der Waals surface area contributed by atoms with Crippen LogP contribution in [0.25, 0.3) is 0 Å². The second-order valence-electron chi connectivity index (χ2n) is 5.73. The van der Waals surface area contributed by atoms with Crippen LogP contribution in [0.5, 0.6) is 5.75 Å². The first kappa shape index (κ1) is 22.5. The molecule has 1 heterocycles. The second-order valence-corrected chi connectivity index (χ2v) is 9.15. The van der Waals surface area contributed by atoms with E-state index in [2.05, 4.69) is 15.5 Å². The number of methoxy groups -OCH3 is 1. The molecule has 28 heavy (non-hydrogen) atoms. The average Bonchev–Trinajstić information content (AvgIpc) is 3.14. The Morgan fingerprint density at radius 1 is 1.14 bits per heavy atom. The molecule has 1 aromatic carbocycles. The van der Waals surface area contributed by atoms with Crippen molar-refractivity contribution in [3.63, 3.8) is 0 Å². The number of thioether (sulfide) groups is 2. The molecule has 2 aromatic rings. The number of hydrogen-bond donors (Lipinski definition) is 1. The molecule has 0 aliphatic carbocycles. The third kappa shape index (κ3) is 6.68. The van der Waals surface area contributed by atoms with Crippen molar-refractivity contribution in [2.75, 3.05) is 37.0 Å². The van der Waals surface area contributed by atoms with E-state index < -0.39 is 0 Å². The molecule has 0 atom stereocenters. The Morgan fingerprint density at radius 3 is 2.39 bits per heavy atom. The molecule has 2 amide bonds. The standard InChI is InChI=1S/C18H24N4O3S3/c1-5-22(6-2)16(24)11-27-18-21-20-17(28-18)26-10-15(23)19-13-9-12(3)7-8-14(13)25-4/h7-9H,5-6,10-11H2,1-4H3,(H,19,23). The third-order valence-electron chi connectivity index (χ3n) is 3.78. The van der Waals surface area contributed by atoms with E-state index in [1.54, 1.807) is 12.0 Å². The molecule has 10 heteroatoms. The van der Waals surface area contributed by atoms with Crippen LogP contribution in [-0.2, 0) is 9.59 Å². The number of hydrogen-bond acceptors (Lipinski definition) is 8. The Labute approximate surface area is 177 Å². The van der Waals surface area contributed by atoms with Crippen LogP contribution in [0.3, 0.4) is 0 Å². The quantitative estimate of drug-likeness (QED) is 0.566. The van der Waals surface area contributed by atoms with Crippen LogP contribution in [0.15, 0.2) is 26.9 Å². The van der Waals surface area contributed by atoms with Gasteiger partial charge < -0.3 is 15.0 Å². The van der Waals surface area contributed by atoms with E-state index in [0.717, 1.165) is 9.90 Å². The molecule has 0 radical (unpaired) electrons. The lowest BCUT2D eigenvalue weighted by molar-refractivity contribution is -0.128. The predicted octanol–water partition coefficient (Wildman–Crippen LogP) is 3.55. The van der Waals surface area contributed by atoms with Gasteiger partial charge in [-0.2, -0.15) is 0 Å². The molecule has 0 aliphatic rings. The SMILES string of the molecule is CCN(CC)C(=O)CSc1nnc(SCC(=O)Nc2cc(C)ccc2OC)s1. The van der Waals surface area contributed by atoms with E-state index in [0.29, 0.717) is 34.6 Å². The van der Waals surface area contributed by atoms with Gasteiger partial charge in [0.25, 0.3) is 0 Å². The number of aryl methyl sites for hydroxylation is 1. The van der Waals surface area contributed by atoms with Gasteiger partial charge in [-0.3, -0.25) is 9.59 Å². The van der Waals surface area contributed by atoms with E-state index >= 15 is 0 Å². The Hall–Kier alpha value is -1.78. The highest BCUT2D eigenvalue weighted by molar-refractivity contribution is 8.03. The van der Waals surface area contributed by atoms with Gasteiger partial charge in [-0.15, -0.1) is 10.2 Å². The van der Waals surface area contributed by atoms with Crippen molar-refractivity contribution >= 4 is 52.4 Å². The number of benzene rings is 1. The van der Waals surface area contributed by atoms with Crippen LogP contribution >= 0.6 is 34.9 Å². The minimum Gasteiger partial charge on any atom is -0.495 e. The van der Waals surface area contributed by atoms with Gasteiger partial charge >= 0.3 is 0 Å². The Morgan fingerprint density at radius 2 is 1.79 bits per heavy atom. The Balaban J connectivity index is 1.83. The monoisotopic (exact) mass is 440 g/mol. The molecule has 1 N–H and O–H groups in total. The summed E-state index contributed by atoms with van der Waals surface area (Å²) in [5.41, 5.74) is 1.69. The lowest BCUT2D eigenvalue weighted by Crippen LogP contribution is -2.31. The molecule has 0 saturated carbocycles. The summed E-state index contributed by atoms with van der Waals surface area (Å²) in [6.45, 7) is 7.28. The normalized spacial score (nSPS) is 10.6. The zero-order chi connectivity index (χ0) is 20.5. The molecule has 2 rings (SSSR count). The fourth-order valence-electron chi connectivity index (χ4n) is 2.34. The maximum Gasteiger partial charge on any atom is 0.234 e. The van der Waals surface area contributed by atoms with Crippen molar-refractivity contribution in [3.8, 4) is 5.75 Å². The molecule has 0 spiro atoms. The van der Waals surface area contributed by atoms with Crippen LogP contribution in [0.4, 0.5) is 5.69 Å². The molecule has 0 aliphatic heterocycles. The first-order valence-corrected chi connectivity index (χ1v) is 11.6. The predicted molar refractivity (Wildman–Crippen MR) is 116 cm³/mol. The van der Waals surface area contributed by atoms with Crippen LogP contribution in [0.2, 0.25) is 0 Å². The Bertz CT molecular complexity index is 809. The van der Waals surface area contributed by atoms with Gasteiger partial charge in [0.1, 0.15) is 5.75 Å². The number of aromatic nitrogens is 2. The maximum atomic E-state index is 12.2. The van der Waals surface area contributed by atoms with Crippen molar-refractivity contribution in [2.45, 2.75) is 29.5 Å². The summed E-state index contributed by atoms with van der Waals surface area (Å²) in [5, 5.41) is 11.0. The molecule has 0 fully saturated rings. The highest BCUT2D eigenvalue weighted by atomic mass is 32.2. The molecule has 0 saturated heterocycles. The van der Waals surface area contributed by atoms with Crippen LogP contribution in [0.1, 0.15) is 19.4 Å². The van der Waals surface area contributed by atoms with E-state index in [9.17, 15) is 9.59 Å². The molecule has 1 aromatic heterocycles. The molecule has 0 bridgehead atoms. The third-order valence-corrected chi connectivity index (χ3v) is 6.95. The molecular weight excluding hydrogens is 416 g/mol. The van der Waals surface area contributed by atoms with Gasteiger partial charge in [-0.05, 0) is 38.5 Å². The molecule has 0 unspecified atom stereocenters. The summed E-state index contributed by atoms with van der Waals surface area (Å²) in [6, 6.07) is 5.62. The fraction of sp³-hybridized carbons (Fsp3) is 0.444. The largest absolute Gasteiger partial charge is 0.495 e. The number of amides is 2. The average molecular weight is 441 g/mol. The highest BCUT2D eigenvalue weighted by Crippen LogP contribution is 2.30. The fourth-order valence-corrected chi connectivity index (χ4v) is 5.06. The smallest absolute Gasteiger partial charge is 0.234 e. The van der Waals surface area contributed by atoms with E-state index in [1.165, 1.54) is 34.9 Å². The minimum absolute atomic E-state index is 0.0888. The van der Waals surface area contributed by atoms with Crippen molar-refractivity contribution in [2.24, 2.45) is 0 Å². The first-order valence-electron chi connectivity index (χ1n) is 8.78. The number of anilines is 1. The minimum atomic E-state index is -0.144. The summed E-state index contributed by atoms with van der Waals surface area (Å²) < 4.78 is 6.69. The summed E-state index contributed by atoms with van der Waals surface area (Å²) in [6.07, 6.45) is 0. The molecule has 152 valence electrons. The zero-order valence-corrected chi connectivity index (χ0v) is 18.8. The lowest BCUT2D eigenvalue weighted by atomic mass is 10.2. The van der Waals surface area contributed by atoms with Crippen LogP contribution < -0.4 is 10.1 Å². The molecule has 7 nitrogen and oxygen atoms in total. The van der Waals surface area contributed by atoms with Crippen molar-refractivity contribution in [1.82, 2.24) is 15.1 Å². The number of carbonyl (C=O) groups is 2. The van der Waals surface area contributed by atoms with Crippen molar-refractivity contribution in [1.29, 1.82) is 0 Å². The number of nitrogens with zero attached hydrogens (tertiary/aromatic N) is 3.